The van der Waals surface area contributed by atoms with E-state index in [-0.39, 0.29) is 10.6 Å². The van der Waals surface area contributed by atoms with Crippen molar-refractivity contribution < 1.29 is 32.2 Å². The first-order valence-electron chi connectivity index (χ1n) is 9.69. The second-order valence-corrected chi connectivity index (χ2v) is 8.43. The molecule has 1 amide bonds. The summed E-state index contributed by atoms with van der Waals surface area (Å²) in [6, 6.07) is 15.3. The van der Waals surface area contributed by atoms with Gasteiger partial charge in [-0.3, -0.25) is 9.52 Å². The first-order valence-corrected chi connectivity index (χ1v) is 11.2. The van der Waals surface area contributed by atoms with Crippen molar-refractivity contribution in [3.05, 3.63) is 66.2 Å². The number of carbonyl (C=O) groups excluding carboxylic acids is 1. The summed E-state index contributed by atoms with van der Waals surface area (Å²) in [5, 5.41) is 2.72. The van der Waals surface area contributed by atoms with E-state index in [1.165, 1.54) is 58.8 Å². The normalized spacial score (nSPS) is 10.8. The van der Waals surface area contributed by atoms with Crippen molar-refractivity contribution in [3.8, 4) is 23.0 Å². The van der Waals surface area contributed by atoms with Crippen LogP contribution >= 0.6 is 0 Å². The summed E-state index contributed by atoms with van der Waals surface area (Å²) in [6.45, 7) is 0. The predicted octanol–water partition coefficient (Wildman–Crippen LogP) is 3.77. The molecule has 0 fully saturated rings. The van der Waals surface area contributed by atoms with Crippen molar-refractivity contribution in [2.24, 2.45) is 0 Å². The van der Waals surface area contributed by atoms with Gasteiger partial charge in [0.25, 0.3) is 15.9 Å². The van der Waals surface area contributed by atoms with Gasteiger partial charge in [0.05, 0.1) is 39.0 Å². The first-order chi connectivity index (χ1) is 15.8. The van der Waals surface area contributed by atoms with E-state index < -0.39 is 15.9 Å². The van der Waals surface area contributed by atoms with Gasteiger partial charge >= 0.3 is 0 Å². The number of methoxy groups -OCH3 is 4. The highest BCUT2D eigenvalue weighted by atomic mass is 32.2. The Kier molecular flexibility index (Phi) is 7.29. The lowest BCUT2D eigenvalue weighted by atomic mass is 10.2. The summed E-state index contributed by atoms with van der Waals surface area (Å²) in [5.74, 6) is 1.36. The Bertz CT molecular complexity index is 1220. The molecule has 2 N–H and O–H groups in total. The van der Waals surface area contributed by atoms with Crippen molar-refractivity contribution in [3.63, 3.8) is 0 Å². The van der Waals surface area contributed by atoms with Crippen LogP contribution in [0, 0.1) is 0 Å². The minimum absolute atomic E-state index is 0.00780. The summed E-state index contributed by atoms with van der Waals surface area (Å²) in [7, 11) is 1.98. The lowest BCUT2D eigenvalue weighted by Gasteiger charge is -2.13. The second kappa shape index (κ2) is 10.1. The minimum atomic E-state index is -3.92. The van der Waals surface area contributed by atoms with Crippen molar-refractivity contribution in [1.82, 2.24) is 0 Å². The third-order valence-electron chi connectivity index (χ3n) is 4.69. The Morgan fingerprint density at radius 3 is 1.88 bits per heavy atom. The topological polar surface area (TPSA) is 112 Å². The molecular weight excluding hydrogens is 448 g/mol. The zero-order valence-corrected chi connectivity index (χ0v) is 19.4. The molecule has 0 saturated heterocycles. The van der Waals surface area contributed by atoms with Crippen LogP contribution in [0.2, 0.25) is 0 Å². The van der Waals surface area contributed by atoms with Gasteiger partial charge in [-0.2, -0.15) is 0 Å². The molecule has 3 aromatic rings. The molecule has 0 aliphatic rings. The van der Waals surface area contributed by atoms with E-state index in [9.17, 15) is 13.2 Å². The molecule has 3 aromatic carbocycles. The Morgan fingerprint density at radius 1 is 0.727 bits per heavy atom. The molecule has 10 heteroatoms. The summed E-state index contributed by atoms with van der Waals surface area (Å²) in [6.07, 6.45) is 0. The number of hydrogen-bond acceptors (Lipinski definition) is 7. The van der Waals surface area contributed by atoms with Crippen LogP contribution in [0.25, 0.3) is 0 Å². The van der Waals surface area contributed by atoms with Crippen LogP contribution < -0.4 is 29.0 Å². The number of sulfonamides is 1. The molecule has 0 radical (unpaired) electrons. The average molecular weight is 473 g/mol. The molecular formula is C23H24N2O7S. The van der Waals surface area contributed by atoms with Gasteiger partial charge in [-0.05, 0) is 48.5 Å². The molecule has 0 aliphatic heterocycles. The number of nitrogens with one attached hydrogen (secondary N) is 2. The second-order valence-electron chi connectivity index (χ2n) is 6.75. The molecule has 0 aliphatic carbocycles. The number of amides is 1. The van der Waals surface area contributed by atoms with Crippen LogP contribution in [0.3, 0.4) is 0 Å². The van der Waals surface area contributed by atoms with E-state index in [4.69, 9.17) is 18.9 Å². The SMILES string of the molecule is COc1cc(OC)cc(C(=O)Nc2ccc(S(=O)(=O)Nc3cc(OC)ccc3OC)cc2)c1. The molecule has 0 atom stereocenters. The van der Waals surface area contributed by atoms with Crippen LogP contribution in [0.15, 0.2) is 65.6 Å². The number of ether oxygens (including phenoxy) is 4. The maximum Gasteiger partial charge on any atom is 0.262 e. The number of benzene rings is 3. The van der Waals surface area contributed by atoms with Crippen molar-refractivity contribution in [2.75, 3.05) is 38.5 Å². The van der Waals surface area contributed by atoms with Crippen LogP contribution in [0.1, 0.15) is 10.4 Å². The molecule has 0 aromatic heterocycles. The van der Waals surface area contributed by atoms with Gasteiger partial charge in [-0.15, -0.1) is 0 Å². The Balaban J connectivity index is 1.78. The van der Waals surface area contributed by atoms with E-state index >= 15 is 0 Å². The lowest BCUT2D eigenvalue weighted by Crippen LogP contribution is -2.15. The summed E-state index contributed by atoms with van der Waals surface area (Å²) in [4.78, 5) is 12.6. The Labute approximate surface area is 192 Å². The van der Waals surface area contributed by atoms with Crippen molar-refractivity contribution in [1.29, 1.82) is 0 Å². The minimum Gasteiger partial charge on any atom is -0.497 e. The van der Waals surface area contributed by atoms with Crippen molar-refractivity contribution >= 4 is 27.3 Å². The van der Waals surface area contributed by atoms with Crippen LogP contribution in [-0.4, -0.2) is 42.8 Å². The first kappa shape index (κ1) is 23.7. The third kappa shape index (κ3) is 5.66. The maximum atomic E-state index is 12.8. The van der Waals surface area contributed by atoms with Gasteiger partial charge in [0.2, 0.25) is 0 Å². The van der Waals surface area contributed by atoms with E-state index in [1.54, 1.807) is 30.3 Å². The van der Waals surface area contributed by atoms with Gasteiger partial charge in [0.15, 0.2) is 0 Å². The smallest absolute Gasteiger partial charge is 0.262 e. The highest BCUT2D eigenvalue weighted by Crippen LogP contribution is 2.31. The molecule has 9 nitrogen and oxygen atoms in total. The van der Waals surface area contributed by atoms with E-state index in [0.717, 1.165) is 0 Å². The summed E-state index contributed by atoms with van der Waals surface area (Å²) < 4.78 is 48.9. The molecule has 0 saturated carbocycles. The lowest BCUT2D eigenvalue weighted by molar-refractivity contribution is 0.102. The highest BCUT2D eigenvalue weighted by Gasteiger charge is 2.18. The third-order valence-corrected chi connectivity index (χ3v) is 6.07. The van der Waals surface area contributed by atoms with Crippen LogP contribution in [0.5, 0.6) is 23.0 Å². The van der Waals surface area contributed by atoms with E-state index in [2.05, 4.69) is 10.0 Å². The number of rotatable bonds is 9. The van der Waals surface area contributed by atoms with Crippen LogP contribution in [0.4, 0.5) is 11.4 Å². The van der Waals surface area contributed by atoms with Crippen molar-refractivity contribution in [2.45, 2.75) is 4.90 Å². The molecule has 33 heavy (non-hydrogen) atoms. The molecule has 0 spiro atoms. The van der Waals surface area contributed by atoms with Crippen LogP contribution in [-0.2, 0) is 10.0 Å². The Hall–Kier alpha value is -3.92. The van der Waals surface area contributed by atoms with Gasteiger partial charge in [-0.1, -0.05) is 0 Å². The fourth-order valence-corrected chi connectivity index (χ4v) is 4.02. The van der Waals surface area contributed by atoms with Gasteiger partial charge in [0.1, 0.15) is 23.0 Å². The molecule has 3 rings (SSSR count). The largest absolute Gasteiger partial charge is 0.497 e. The fourth-order valence-electron chi connectivity index (χ4n) is 2.96. The molecule has 0 bridgehead atoms. The van der Waals surface area contributed by atoms with Gasteiger partial charge in [-0.25, -0.2) is 8.42 Å². The van der Waals surface area contributed by atoms with Gasteiger partial charge < -0.3 is 24.3 Å². The standard InChI is InChI=1S/C23H24N2O7S/c1-29-17-7-10-22(32-4)21(14-17)25-33(27,28)20-8-5-16(6-9-20)24-23(26)15-11-18(30-2)13-19(12-15)31-3/h5-14,25H,1-4H3,(H,24,26). The molecule has 174 valence electrons. The number of carbonyl (C=O) groups is 1. The molecule has 0 unspecified atom stereocenters. The van der Waals surface area contributed by atoms with E-state index in [0.29, 0.717) is 34.2 Å². The average Bonchev–Trinajstić information content (AvgIpc) is 2.83. The zero-order valence-electron chi connectivity index (χ0n) is 18.5. The predicted molar refractivity (Wildman–Crippen MR) is 124 cm³/mol. The zero-order chi connectivity index (χ0) is 24.0. The molecule has 0 heterocycles. The summed E-state index contributed by atoms with van der Waals surface area (Å²) in [5.41, 5.74) is 0.982. The summed E-state index contributed by atoms with van der Waals surface area (Å²) >= 11 is 0. The number of hydrogen-bond donors (Lipinski definition) is 2. The maximum absolute atomic E-state index is 12.8. The monoisotopic (exact) mass is 472 g/mol. The number of anilines is 2. The quantitative estimate of drug-likeness (QED) is 0.487. The fraction of sp³-hybridized carbons (Fsp3) is 0.174. The Morgan fingerprint density at radius 2 is 1.33 bits per heavy atom. The van der Waals surface area contributed by atoms with E-state index in [1.807, 2.05) is 0 Å². The van der Waals surface area contributed by atoms with Gasteiger partial charge in [0, 0.05) is 23.4 Å². The highest BCUT2D eigenvalue weighted by molar-refractivity contribution is 7.92.